The zero-order valence-electron chi connectivity index (χ0n) is 14.5. The van der Waals surface area contributed by atoms with Crippen LogP contribution >= 0.6 is 0 Å². The Labute approximate surface area is 150 Å². The van der Waals surface area contributed by atoms with Crippen LogP contribution in [0.1, 0.15) is 35.1 Å². The molecule has 0 spiro atoms. The largest absolute Gasteiger partial charge is 0.508 e. The first-order chi connectivity index (χ1) is 12.6. The fraction of sp³-hybridized carbons (Fsp3) is 0.250. The van der Waals surface area contributed by atoms with Crippen LogP contribution in [0.2, 0.25) is 0 Å². The molecule has 26 heavy (non-hydrogen) atoms. The summed E-state index contributed by atoms with van der Waals surface area (Å²) in [6, 6.07) is 12.9. The maximum Gasteiger partial charge on any atom is 0.313 e. The van der Waals surface area contributed by atoms with Crippen molar-refractivity contribution in [3.8, 4) is 5.75 Å². The molecule has 6 nitrogen and oxygen atoms in total. The molecule has 0 saturated heterocycles. The molecule has 3 aromatic rings. The number of aryl methyl sites for hydroxylation is 2. The molecule has 134 valence electrons. The number of aromatic hydroxyl groups is 1. The van der Waals surface area contributed by atoms with Crippen LogP contribution in [0, 0.1) is 0 Å². The molecule has 6 heteroatoms. The van der Waals surface area contributed by atoms with Gasteiger partial charge >= 0.3 is 5.97 Å². The third kappa shape index (κ3) is 4.08. The average molecular weight is 352 g/mol. The first-order valence-corrected chi connectivity index (χ1v) is 8.51. The van der Waals surface area contributed by atoms with Gasteiger partial charge in [0.05, 0.1) is 17.6 Å². The number of ketones is 1. The second-order valence-electron chi connectivity index (χ2n) is 5.96. The quantitative estimate of drug-likeness (QED) is 0.387. The van der Waals surface area contributed by atoms with Crippen molar-refractivity contribution in [2.75, 3.05) is 6.61 Å². The van der Waals surface area contributed by atoms with Gasteiger partial charge in [0.25, 0.3) is 0 Å². The number of carbonyl (C=O) groups excluding carboxylic acids is 2. The molecule has 2 N–H and O–H groups in total. The van der Waals surface area contributed by atoms with E-state index in [9.17, 15) is 14.7 Å². The number of esters is 1. The van der Waals surface area contributed by atoms with Gasteiger partial charge < -0.3 is 14.8 Å². The molecule has 0 aliphatic heterocycles. The topological polar surface area (TPSA) is 92.3 Å². The summed E-state index contributed by atoms with van der Waals surface area (Å²) >= 11 is 0. The van der Waals surface area contributed by atoms with E-state index in [0.29, 0.717) is 17.5 Å². The second-order valence-corrected chi connectivity index (χ2v) is 5.96. The molecule has 0 aliphatic rings. The summed E-state index contributed by atoms with van der Waals surface area (Å²) < 4.78 is 4.82. The van der Waals surface area contributed by atoms with Crippen LogP contribution in [0.15, 0.2) is 42.5 Å². The lowest BCUT2D eigenvalue weighted by atomic mass is 10.1. The number of fused-ring (bicyclic) bond motifs is 1. The van der Waals surface area contributed by atoms with Crippen LogP contribution in [-0.2, 0) is 22.4 Å². The molecule has 0 unspecified atom stereocenters. The van der Waals surface area contributed by atoms with Crippen molar-refractivity contribution in [2.45, 2.75) is 26.2 Å². The lowest BCUT2D eigenvalue weighted by Crippen LogP contribution is -2.11. The van der Waals surface area contributed by atoms with Crippen LogP contribution < -0.4 is 0 Å². The van der Waals surface area contributed by atoms with E-state index in [2.05, 4.69) is 9.97 Å². The summed E-state index contributed by atoms with van der Waals surface area (Å²) in [6.45, 7) is 1.90. The number of phenols is 1. The van der Waals surface area contributed by atoms with Crippen LogP contribution in [0.5, 0.6) is 5.75 Å². The Balaban J connectivity index is 1.84. The SMILES string of the molecule is CCOC(=O)CC(=O)c1cc(O)cc2[nH]c(CCc3ccccc3)nc12. The van der Waals surface area contributed by atoms with Crippen molar-refractivity contribution in [1.29, 1.82) is 0 Å². The van der Waals surface area contributed by atoms with E-state index >= 15 is 0 Å². The average Bonchev–Trinajstić information content (AvgIpc) is 3.03. The number of ether oxygens (including phenoxy) is 1. The number of benzene rings is 2. The van der Waals surface area contributed by atoms with Crippen molar-refractivity contribution in [1.82, 2.24) is 9.97 Å². The predicted molar refractivity (Wildman–Crippen MR) is 97.2 cm³/mol. The highest BCUT2D eigenvalue weighted by molar-refractivity contribution is 6.12. The van der Waals surface area contributed by atoms with E-state index in [1.54, 1.807) is 6.92 Å². The zero-order chi connectivity index (χ0) is 18.5. The molecule has 0 fully saturated rings. The minimum absolute atomic E-state index is 0.0528. The summed E-state index contributed by atoms with van der Waals surface area (Å²) in [6.07, 6.45) is 1.10. The van der Waals surface area contributed by atoms with E-state index in [1.165, 1.54) is 17.7 Å². The normalized spacial score (nSPS) is 10.8. The fourth-order valence-electron chi connectivity index (χ4n) is 2.83. The summed E-state index contributed by atoms with van der Waals surface area (Å²) in [5.74, 6) is -0.345. The smallest absolute Gasteiger partial charge is 0.313 e. The van der Waals surface area contributed by atoms with Gasteiger partial charge in [0.1, 0.15) is 18.0 Å². The molecule has 2 aromatic carbocycles. The number of hydrogen-bond donors (Lipinski definition) is 2. The van der Waals surface area contributed by atoms with Crippen molar-refractivity contribution in [3.63, 3.8) is 0 Å². The minimum atomic E-state index is -0.589. The first-order valence-electron chi connectivity index (χ1n) is 8.51. The Morgan fingerprint density at radius 3 is 2.65 bits per heavy atom. The second kappa shape index (κ2) is 7.82. The Morgan fingerprint density at radius 2 is 1.92 bits per heavy atom. The Morgan fingerprint density at radius 1 is 1.15 bits per heavy atom. The van der Waals surface area contributed by atoms with Crippen LogP contribution in [0.25, 0.3) is 11.0 Å². The van der Waals surface area contributed by atoms with Gasteiger partial charge in [-0.1, -0.05) is 30.3 Å². The number of nitrogens with zero attached hydrogens (tertiary/aromatic N) is 1. The highest BCUT2D eigenvalue weighted by Crippen LogP contribution is 2.25. The molecule has 1 aromatic heterocycles. The summed E-state index contributed by atoms with van der Waals surface area (Å²) in [5, 5.41) is 9.90. The molecule has 3 rings (SSSR count). The highest BCUT2D eigenvalue weighted by atomic mass is 16.5. The maximum atomic E-state index is 12.4. The van der Waals surface area contributed by atoms with Crippen molar-refractivity contribution in [3.05, 3.63) is 59.4 Å². The minimum Gasteiger partial charge on any atom is -0.508 e. The number of H-pyrrole nitrogens is 1. The molecule has 0 atom stereocenters. The van der Waals surface area contributed by atoms with E-state index in [4.69, 9.17) is 4.74 Å². The zero-order valence-corrected chi connectivity index (χ0v) is 14.5. The molecule has 0 bridgehead atoms. The monoisotopic (exact) mass is 352 g/mol. The van der Waals surface area contributed by atoms with E-state index in [-0.39, 0.29) is 24.3 Å². The van der Waals surface area contributed by atoms with Crippen LogP contribution in [0.3, 0.4) is 0 Å². The van der Waals surface area contributed by atoms with Gasteiger partial charge in [-0.15, -0.1) is 0 Å². The standard InChI is InChI=1S/C20H20N2O4/c1-2-26-19(25)12-17(24)15-10-14(23)11-16-20(15)22-18(21-16)9-8-13-6-4-3-5-7-13/h3-7,10-11,23H,2,8-9,12H2,1H3,(H,21,22). The molecule has 0 radical (unpaired) electrons. The van der Waals surface area contributed by atoms with Crippen molar-refractivity contribution >= 4 is 22.8 Å². The molecule has 0 amide bonds. The van der Waals surface area contributed by atoms with Gasteiger partial charge in [0.2, 0.25) is 0 Å². The number of aromatic nitrogens is 2. The fourth-order valence-corrected chi connectivity index (χ4v) is 2.83. The van der Waals surface area contributed by atoms with Crippen molar-refractivity contribution in [2.24, 2.45) is 0 Å². The molecule has 0 saturated carbocycles. The number of carbonyl (C=O) groups is 2. The van der Waals surface area contributed by atoms with Crippen molar-refractivity contribution < 1.29 is 19.4 Å². The molecule has 0 aliphatic carbocycles. The molecule has 1 heterocycles. The van der Waals surface area contributed by atoms with Gasteiger partial charge in [-0.05, 0) is 25.0 Å². The van der Waals surface area contributed by atoms with E-state index < -0.39 is 11.8 Å². The number of imidazole rings is 1. The number of phenolic OH excluding ortho intramolecular Hbond substituents is 1. The van der Waals surface area contributed by atoms with Gasteiger partial charge in [0, 0.05) is 18.1 Å². The van der Waals surface area contributed by atoms with Gasteiger partial charge in [-0.2, -0.15) is 0 Å². The maximum absolute atomic E-state index is 12.4. The number of hydrogen-bond acceptors (Lipinski definition) is 5. The van der Waals surface area contributed by atoms with Gasteiger partial charge in [-0.25, -0.2) is 4.98 Å². The summed E-state index contributed by atoms with van der Waals surface area (Å²) in [5.41, 5.74) is 2.44. The summed E-state index contributed by atoms with van der Waals surface area (Å²) in [4.78, 5) is 31.6. The van der Waals surface area contributed by atoms with Gasteiger partial charge in [0.15, 0.2) is 5.78 Å². The Hall–Kier alpha value is -3.15. The van der Waals surface area contributed by atoms with Gasteiger partial charge in [-0.3, -0.25) is 9.59 Å². The van der Waals surface area contributed by atoms with Crippen LogP contribution in [-0.4, -0.2) is 33.4 Å². The Bertz CT molecular complexity index is 932. The number of aromatic amines is 1. The highest BCUT2D eigenvalue weighted by Gasteiger charge is 2.19. The number of rotatable bonds is 7. The summed E-state index contributed by atoms with van der Waals surface area (Å²) in [7, 11) is 0. The van der Waals surface area contributed by atoms with Crippen LogP contribution in [0.4, 0.5) is 0 Å². The first kappa shape index (κ1) is 17.7. The third-order valence-electron chi connectivity index (χ3n) is 4.02. The number of Topliss-reactive ketones (excluding diaryl/α,β-unsaturated/α-hetero) is 1. The lowest BCUT2D eigenvalue weighted by Gasteiger charge is -2.03. The Kier molecular flexibility index (Phi) is 5.31. The third-order valence-corrected chi connectivity index (χ3v) is 4.02. The van der Waals surface area contributed by atoms with E-state index in [0.717, 1.165) is 12.2 Å². The lowest BCUT2D eigenvalue weighted by molar-refractivity contribution is -0.141. The number of nitrogens with one attached hydrogen (secondary N) is 1. The molecular formula is C20H20N2O4. The van der Waals surface area contributed by atoms with E-state index in [1.807, 2.05) is 30.3 Å². The molecular weight excluding hydrogens is 332 g/mol. The predicted octanol–water partition coefficient (Wildman–Crippen LogP) is 3.19.